The lowest BCUT2D eigenvalue weighted by Gasteiger charge is -2.25. The van der Waals surface area contributed by atoms with Gasteiger partial charge in [0.2, 0.25) is 0 Å². The van der Waals surface area contributed by atoms with E-state index < -0.39 is 18.1 Å². The number of esters is 2. The fraction of sp³-hybridized carbons (Fsp3) is 0.500. The van der Waals surface area contributed by atoms with Gasteiger partial charge in [-0.25, -0.2) is 0 Å². The quantitative estimate of drug-likeness (QED) is 0.209. The lowest BCUT2D eigenvalue weighted by Crippen LogP contribution is -2.50. The van der Waals surface area contributed by atoms with Gasteiger partial charge in [-0.3, -0.25) is 14.9 Å². The third-order valence-corrected chi connectivity index (χ3v) is 5.83. The van der Waals surface area contributed by atoms with Gasteiger partial charge in [-0.1, -0.05) is 62.5 Å². The molecule has 0 heterocycles. The number of halogens is 2. The highest BCUT2D eigenvalue weighted by atomic mass is 35.5. The molecule has 0 amide bonds. The van der Waals surface area contributed by atoms with Crippen molar-refractivity contribution in [2.24, 2.45) is 5.92 Å². The number of carbonyl (C=O) groups excluding carboxylic acids is 2. The average Bonchev–Trinajstić information content (AvgIpc) is 2.82. The first-order valence-corrected chi connectivity index (χ1v) is 13.2. The summed E-state index contributed by atoms with van der Waals surface area (Å²) in [5, 5.41) is 4.32. The third kappa shape index (κ3) is 10.8. The van der Waals surface area contributed by atoms with Crippen LogP contribution < -0.4 is 10.1 Å². The molecule has 1 N–H and O–H groups in total. The molecule has 6 nitrogen and oxygen atoms in total. The number of carbonyl (C=O) groups is 2. The van der Waals surface area contributed by atoms with Gasteiger partial charge >= 0.3 is 11.9 Å². The number of rotatable bonds is 15. The molecule has 0 aliphatic carbocycles. The molecule has 0 radical (unpaired) electrons. The van der Waals surface area contributed by atoms with E-state index in [1.807, 2.05) is 45.0 Å². The second-order valence-corrected chi connectivity index (χ2v) is 9.96. The first-order valence-electron chi connectivity index (χ1n) is 12.5. The Bertz CT molecular complexity index is 945. The molecule has 2 aromatic carbocycles. The summed E-state index contributed by atoms with van der Waals surface area (Å²) < 4.78 is 16.6. The van der Waals surface area contributed by atoms with Gasteiger partial charge in [0.1, 0.15) is 24.4 Å². The molecular formula is C28H37Cl2NO5. The van der Waals surface area contributed by atoms with Crippen LogP contribution in [0.15, 0.2) is 42.5 Å². The highest BCUT2D eigenvalue weighted by Gasteiger charge is 2.29. The van der Waals surface area contributed by atoms with E-state index in [2.05, 4.69) is 5.32 Å². The molecule has 198 valence electrons. The van der Waals surface area contributed by atoms with E-state index >= 15 is 0 Å². The first-order chi connectivity index (χ1) is 17.2. The van der Waals surface area contributed by atoms with Crippen LogP contribution in [0.5, 0.6) is 5.75 Å². The predicted octanol–water partition coefficient (Wildman–Crippen LogP) is 6.39. The van der Waals surface area contributed by atoms with Crippen LogP contribution in [-0.2, 0) is 32.1 Å². The summed E-state index contributed by atoms with van der Waals surface area (Å²) in [6.45, 7) is 8.82. The van der Waals surface area contributed by atoms with Crippen LogP contribution in [0.2, 0.25) is 10.0 Å². The largest absolute Gasteiger partial charge is 0.489 e. The Hall–Kier alpha value is -2.28. The van der Waals surface area contributed by atoms with Crippen LogP contribution in [0.3, 0.4) is 0 Å². The Balaban J connectivity index is 2.07. The number of nitrogens with one attached hydrogen (secondary N) is 1. The van der Waals surface area contributed by atoms with Crippen molar-refractivity contribution in [3.05, 3.63) is 63.6 Å². The van der Waals surface area contributed by atoms with Gasteiger partial charge in [-0.15, -0.1) is 0 Å². The van der Waals surface area contributed by atoms with Gasteiger partial charge in [0.05, 0.1) is 13.2 Å². The number of ether oxygens (including phenoxy) is 3. The van der Waals surface area contributed by atoms with E-state index in [9.17, 15) is 9.59 Å². The molecule has 2 aromatic rings. The van der Waals surface area contributed by atoms with Crippen LogP contribution in [0, 0.1) is 5.92 Å². The summed E-state index contributed by atoms with van der Waals surface area (Å²) >= 11 is 12.1. The van der Waals surface area contributed by atoms with Gasteiger partial charge < -0.3 is 14.2 Å². The lowest BCUT2D eigenvalue weighted by molar-refractivity contribution is -0.149. The van der Waals surface area contributed by atoms with E-state index in [1.165, 1.54) is 0 Å². The maximum Gasteiger partial charge on any atom is 0.323 e. The predicted molar refractivity (Wildman–Crippen MR) is 144 cm³/mol. The molecule has 0 aliphatic heterocycles. The van der Waals surface area contributed by atoms with Crippen LogP contribution in [0.25, 0.3) is 0 Å². The molecule has 2 rings (SSSR count). The average molecular weight is 539 g/mol. The number of hydrogen-bond donors (Lipinski definition) is 1. The van der Waals surface area contributed by atoms with Gasteiger partial charge in [0.25, 0.3) is 0 Å². The molecule has 0 unspecified atom stereocenters. The van der Waals surface area contributed by atoms with E-state index in [0.717, 1.165) is 24.0 Å². The minimum Gasteiger partial charge on any atom is -0.489 e. The fourth-order valence-corrected chi connectivity index (χ4v) is 4.21. The lowest BCUT2D eigenvalue weighted by atomic mass is 10.0. The second-order valence-electron chi connectivity index (χ2n) is 9.09. The molecule has 0 aromatic heterocycles. The summed E-state index contributed by atoms with van der Waals surface area (Å²) in [6, 6.07) is 11.5. The summed E-state index contributed by atoms with van der Waals surface area (Å²) in [6.07, 6.45) is 2.66. The number of benzene rings is 2. The van der Waals surface area contributed by atoms with Gasteiger partial charge in [-0.05, 0) is 73.6 Å². The van der Waals surface area contributed by atoms with Crippen molar-refractivity contribution in [2.75, 3.05) is 13.2 Å². The summed E-state index contributed by atoms with van der Waals surface area (Å²) in [4.78, 5) is 25.5. The zero-order valence-electron chi connectivity index (χ0n) is 21.5. The molecule has 0 aliphatic rings. The molecule has 36 heavy (non-hydrogen) atoms. The Morgan fingerprint density at radius 2 is 1.53 bits per heavy atom. The molecule has 0 fully saturated rings. The standard InChI is InChI=1S/C28H37Cl2NO5/c1-5-7-12-35-28(33)25(13-19(3)4)31-26(27(32)34-6-2)16-20-8-10-24(11-9-20)36-18-21-14-22(29)17-23(30)15-21/h8-11,14-15,17,19,25-26,31H,5-7,12-13,16,18H2,1-4H3/t25-,26-/m0/s1. The smallest absolute Gasteiger partial charge is 0.323 e. The minimum absolute atomic E-state index is 0.245. The minimum atomic E-state index is -0.687. The van der Waals surface area contributed by atoms with Crippen molar-refractivity contribution < 1.29 is 23.8 Å². The normalized spacial score (nSPS) is 12.8. The van der Waals surface area contributed by atoms with E-state index in [0.29, 0.717) is 41.9 Å². The molecule has 2 atom stereocenters. The third-order valence-electron chi connectivity index (χ3n) is 5.40. The summed E-state index contributed by atoms with van der Waals surface area (Å²) in [5.41, 5.74) is 1.77. The molecular weight excluding hydrogens is 501 g/mol. The van der Waals surface area contributed by atoms with Crippen molar-refractivity contribution >= 4 is 35.1 Å². The molecule has 0 spiro atoms. The zero-order chi connectivity index (χ0) is 26.5. The summed E-state index contributed by atoms with van der Waals surface area (Å²) in [7, 11) is 0. The van der Waals surface area contributed by atoms with Crippen LogP contribution in [-0.4, -0.2) is 37.2 Å². The van der Waals surface area contributed by atoms with Crippen molar-refractivity contribution in [1.82, 2.24) is 5.32 Å². The van der Waals surface area contributed by atoms with Crippen molar-refractivity contribution in [1.29, 1.82) is 0 Å². The Labute approximate surface area is 224 Å². The zero-order valence-corrected chi connectivity index (χ0v) is 23.0. The molecule has 8 heteroatoms. The Morgan fingerprint density at radius 1 is 0.889 bits per heavy atom. The van der Waals surface area contributed by atoms with Crippen molar-refractivity contribution in [2.45, 2.75) is 72.1 Å². The SMILES string of the molecule is CCCCOC(=O)[C@H](CC(C)C)N[C@@H](Cc1ccc(OCc2cc(Cl)cc(Cl)c2)cc1)C(=O)OCC. The fourth-order valence-electron chi connectivity index (χ4n) is 3.64. The van der Waals surface area contributed by atoms with Crippen LogP contribution in [0.4, 0.5) is 0 Å². The Kier molecular flexibility index (Phi) is 13.1. The van der Waals surface area contributed by atoms with Gasteiger partial charge in [-0.2, -0.15) is 0 Å². The highest BCUT2D eigenvalue weighted by Crippen LogP contribution is 2.21. The van der Waals surface area contributed by atoms with Crippen molar-refractivity contribution in [3.8, 4) is 5.75 Å². The van der Waals surface area contributed by atoms with E-state index in [-0.39, 0.29) is 18.5 Å². The number of hydrogen-bond acceptors (Lipinski definition) is 6. The van der Waals surface area contributed by atoms with Gasteiger partial charge in [0, 0.05) is 10.0 Å². The molecule has 0 bridgehead atoms. The highest BCUT2D eigenvalue weighted by molar-refractivity contribution is 6.34. The monoisotopic (exact) mass is 537 g/mol. The van der Waals surface area contributed by atoms with Crippen molar-refractivity contribution in [3.63, 3.8) is 0 Å². The van der Waals surface area contributed by atoms with E-state index in [1.54, 1.807) is 25.1 Å². The molecule has 0 saturated carbocycles. The van der Waals surface area contributed by atoms with Crippen LogP contribution >= 0.6 is 23.2 Å². The maximum atomic E-state index is 12.8. The molecule has 0 saturated heterocycles. The topological polar surface area (TPSA) is 73.9 Å². The van der Waals surface area contributed by atoms with Crippen LogP contribution in [0.1, 0.15) is 58.1 Å². The maximum absolute atomic E-state index is 12.8. The summed E-state index contributed by atoms with van der Waals surface area (Å²) in [5.74, 6) is 0.185. The second kappa shape index (κ2) is 15.7. The first kappa shape index (κ1) is 29.9. The Morgan fingerprint density at radius 3 is 2.11 bits per heavy atom. The van der Waals surface area contributed by atoms with E-state index in [4.69, 9.17) is 37.4 Å². The van der Waals surface area contributed by atoms with Gasteiger partial charge in [0.15, 0.2) is 0 Å². The number of unbranched alkanes of at least 4 members (excludes halogenated alkanes) is 1.